The standard InChI is InChI=1S/C11H8F3N5/c1-7(6-15)19-17-10(16-18-19)8-3-2-4-9(5-8)11(12,13)14/h2-5,7H,1H3. The average molecular weight is 267 g/mol. The van der Waals surface area contributed by atoms with Gasteiger partial charge in [-0.2, -0.15) is 18.4 Å². The van der Waals surface area contributed by atoms with E-state index in [0.717, 1.165) is 16.9 Å². The van der Waals surface area contributed by atoms with Gasteiger partial charge in [0.05, 0.1) is 11.6 Å². The van der Waals surface area contributed by atoms with Crippen LogP contribution in [0, 0.1) is 11.3 Å². The molecular weight excluding hydrogens is 259 g/mol. The van der Waals surface area contributed by atoms with Crippen molar-refractivity contribution >= 4 is 0 Å². The summed E-state index contributed by atoms with van der Waals surface area (Å²) in [5.41, 5.74) is -0.583. The lowest BCUT2D eigenvalue weighted by molar-refractivity contribution is -0.137. The van der Waals surface area contributed by atoms with Gasteiger partial charge in [0.25, 0.3) is 0 Å². The van der Waals surface area contributed by atoms with Gasteiger partial charge in [-0.3, -0.25) is 0 Å². The van der Waals surface area contributed by atoms with Crippen LogP contribution in [-0.4, -0.2) is 20.2 Å². The smallest absolute Gasteiger partial charge is 0.196 e. The Bertz CT molecular complexity index is 626. The van der Waals surface area contributed by atoms with Gasteiger partial charge in [-0.15, -0.1) is 15.0 Å². The van der Waals surface area contributed by atoms with Gasteiger partial charge in [0, 0.05) is 5.56 Å². The average Bonchev–Trinajstić information content (AvgIpc) is 2.86. The topological polar surface area (TPSA) is 67.4 Å². The summed E-state index contributed by atoms with van der Waals surface area (Å²) in [6.07, 6.45) is -4.42. The second kappa shape index (κ2) is 4.68. The normalized spacial score (nSPS) is 13.0. The van der Waals surface area contributed by atoms with Crippen molar-refractivity contribution < 1.29 is 13.2 Å². The van der Waals surface area contributed by atoms with Crippen molar-refractivity contribution in [2.45, 2.75) is 19.1 Å². The minimum Gasteiger partial charge on any atom is -0.196 e. The molecule has 0 aliphatic heterocycles. The molecule has 98 valence electrons. The van der Waals surface area contributed by atoms with Crippen LogP contribution < -0.4 is 0 Å². The molecule has 5 nitrogen and oxygen atoms in total. The molecular formula is C11H8F3N5. The maximum absolute atomic E-state index is 12.6. The third kappa shape index (κ3) is 2.70. The van der Waals surface area contributed by atoms with Crippen molar-refractivity contribution in [3.8, 4) is 17.5 Å². The second-order valence-electron chi connectivity index (χ2n) is 3.82. The first kappa shape index (κ1) is 13.0. The molecule has 0 fully saturated rings. The molecule has 0 amide bonds. The molecule has 0 saturated heterocycles. The molecule has 0 radical (unpaired) electrons. The summed E-state index contributed by atoms with van der Waals surface area (Å²) in [7, 11) is 0. The molecule has 1 heterocycles. The highest BCUT2D eigenvalue weighted by molar-refractivity contribution is 5.55. The SMILES string of the molecule is CC(C#N)n1nnc(-c2cccc(C(F)(F)F)c2)n1. The van der Waals surface area contributed by atoms with Gasteiger partial charge >= 0.3 is 6.18 Å². The number of hydrogen-bond donors (Lipinski definition) is 0. The zero-order chi connectivity index (χ0) is 14.0. The molecule has 1 aromatic heterocycles. The van der Waals surface area contributed by atoms with E-state index in [-0.39, 0.29) is 11.4 Å². The fraction of sp³-hybridized carbons (Fsp3) is 0.273. The Morgan fingerprint density at radius 3 is 2.74 bits per heavy atom. The van der Waals surface area contributed by atoms with E-state index in [4.69, 9.17) is 5.26 Å². The Labute approximate surface area is 106 Å². The van der Waals surface area contributed by atoms with Gasteiger partial charge in [-0.1, -0.05) is 12.1 Å². The van der Waals surface area contributed by atoms with Crippen LogP contribution in [0.3, 0.4) is 0 Å². The summed E-state index contributed by atoms with van der Waals surface area (Å²) in [4.78, 5) is 1.05. The lowest BCUT2D eigenvalue weighted by Gasteiger charge is -2.06. The van der Waals surface area contributed by atoms with E-state index in [2.05, 4.69) is 15.4 Å². The second-order valence-corrected chi connectivity index (χ2v) is 3.82. The van der Waals surface area contributed by atoms with Gasteiger partial charge in [0.2, 0.25) is 5.82 Å². The highest BCUT2D eigenvalue weighted by Crippen LogP contribution is 2.31. The van der Waals surface area contributed by atoms with Crippen LogP contribution in [0.15, 0.2) is 24.3 Å². The highest BCUT2D eigenvalue weighted by atomic mass is 19.4. The molecule has 0 aliphatic rings. The highest BCUT2D eigenvalue weighted by Gasteiger charge is 2.30. The van der Waals surface area contributed by atoms with Crippen molar-refractivity contribution in [1.82, 2.24) is 20.2 Å². The Hall–Kier alpha value is -2.43. The van der Waals surface area contributed by atoms with Crippen molar-refractivity contribution in [3.05, 3.63) is 29.8 Å². The first-order chi connectivity index (χ1) is 8.91. The summed E-state index contributed by atoms with van der Waals surface area (Å²) >= 11 is 0. The minimum atomic E-state index is -4.42. The Morgan fingerprint density at radius 2 is 2.11 bits per heavy atom. The molecule has 8 heteroatoms. The van der Waals surface area contributed by atoms with Crippen LogP contribution in [0.25, 0.3) is 11.4 Å². The van der Waals surface area contributed by atoms with E-state index in [1.807, 2.05) is 6.07 Å². The number of hydrogen-bond acceptors (Lipinski definition) is 4. The predicted molar refractivity (Wildman–Crippen MR) is 58.6 cm³/mol. The number of benzene rings is 1. The summed E-state index contributed by atoms with van der Waals surface area (Å²) in [5.74, 6) is 0.0493. The number of alkyl halides is 3. The molecule has 0 saturated carbocycles. The first-order valence-corrected chi connectivity index (χ1v) is 5.28. The van der Waals surface area contributed by atoms with Gasteiger partial charge < -0.3 is 0 Å². The van der Waals surface area contributed by atoms with Crippen LogP contribution in [0.5, 0.6) is 0 Å². The molecule has 1 aromatic carbocycles. The lowest BCUT2D eigenvalue weighted by Crippen LogP contribution is -2.06. The molecule has 0 spiro atoms. The van der Waals surface area contributed by atoms with Crippen molar-refractivity contribution in [2.24, 2.45) is 0 Å². The zero-order valence-corrected chi connectivity index (χ0v) is 9.76. The molecule has 1 unspecified atom stereocenters. The van der Waals surface area contributed by atoms with Crippen LogP contribution in [0.4, 0.5) is 13.2 Å². The summed E-state index contributed by atoms with van der Waals surface area (Å²) in [6, 6.07) is 5.90. The molecule has 0 aliphatic carbocycles. The van der Waals surface area contributed by atoms with Gasteiger partial charge in [-0.25, -0.2) is 0 Å². The van der Waals surface area contributed by atoms with Crippen LogP contribution in [0.1, 0.15) is 18.5 Å². The largest absolute Gasteiger partial charge is 0.416 e. The third-order valence-electron chi connectivity index (χ3n) is 2.41. The Kier molecular flexibility index (Phi) is 3.21. The number of nitriles is 1. The Morgan fingerprint density at radius 1 is 1.37 bits per heavy atom. The summed E-state index contributed by atoms with van der Waals surface area (Å²) < 4.78 is 37.7. The van der Waals surface area contributed by atoms with E-state index in [9.17, 15) is 13.2 Å². The lowest BCUT2D eigenvalue weighted by atomic mass is 10.1. The van der Waals surface area contributed by atoms with Gasteiger partial charge in [0.15, 0.2) is 6.04 Å². The van der Waals surface area contributed by atoms with Crippen LogP contribution in [-0.2, 0) is 6.18 Å². The molecule has 1 atom stereocenters. The van der Waals surface area contributed by atoms with E-state index in [1.54, 1.807) is 6.92 Å². The fourth-order valence-corrected chi connectivity index (χ4v) is 1.39. The monoisotopic (exact) mass is 267 g/mol. The maximum Gasteiger partial charge on any atom is 0.416 e. The van der Waals surface area contributed by atoms with E-state index < -0.39 is 17.8 Å². The van der Waals surface area contributed by atoms with Crippen molar-refractivity contribution in [1.29, 1.82) is 5.26 Å². The zero-order valence-electron chi connectivity index (χ0n) is 9.76. The first-order valence-electron chi connectivity index (χ1n) is 5.28. The quantitative estimate of drug-likeness (QED) is 0.838. The number of rotatable bonds is 2. The fourth-order valence-electron chi connectivity index (χ4n) is 1.39. The van der Waals surface area contributed by atoms with Crippen molar-refractivity contribution in [2.75, 3.05) is 0 Å². The third-order valence-corrected chi connectivity index (χ3v) is 2.41. The summed E-state index contributed by atoms with van der Waals surface area (Å²) in [6.45, 7) is 1.55. The van der Waals surface area contributed by atoms with Gasteiger partial charge in [0.1, 0.15) is 0 Å². The number of nitrogens with zero attached hydrogens (tertiary/aromatic N) is 5. The van der Waals surface area contributed by atoms with Gasteiger partial charge in [-0.05, 0) is 24.3 Å². The van der Waals surface area contributed by atoms with E-state index in [0.29, 0.717) is 0 Å². The number of halogens is 3. The number of tetrazole rings is 1. The Balaban J connectivity index is 2.38. The summed E-state index contributed by atoms with van der Waals surface area (Å²) in [5, 5.41) is 19.8. The van der Waals surface area contributed by atoms with E-state index >= 15 is 0 Å². The minimum absolute atomic E-state index is 0.0493. The molecule has 19 heavy (non-hydrogen) atoms. The van der Waals surface area contributed by atoms with Crippen molar-refractivity contribution in [3.63, 3.8) is 0 Å². The van der Waals surface area contributed by atoms with Crippen LogP contribution >= 0.6 is 0 Å². The molecule has 2 aromatic rings. The maximum atomic E-state index is 12.6. The van der Waals surface area contributed by atoms with E-state index in [1.165, 1.54) is 12.1 Å². The molecule has 2 rings (SSSR count). The van der Waals surface area contributed by atoms with Crippen LogP contribution in [0.2, 0.25) is 0 Å². The molecule has 0 N–H and O–H groups in total. The number of aromatic nitrogens is 4. The molecule has 0 bridgehead atoms. The predicted octanol–water partition coefficient (Wildman–Crippen LogP) is 2.44.